The number of benzene rings is 2. The Bertz CT molecular complexity index is 887. The highest BCUT2D eigenvalue weighted by atomic mass is 16.4. The van der Waals surface area contributed by atoms with Crippen LogP contribution in [0.1, 0.15) is 48.0 Å². The van der Waals surface area contributed by atoms with Crippen LogP contribution in [0.5, 0.6) is 0 Å². The van der Waals surface area contributed by atoms with Crippen LogP contribution in [0.15, 0.2) is 60.7 Å². The molecule has 2 aromatic rings. The summed E-state index contributed by atoms with van der Waals surface area (Å²) in [6.45, 7) is 0. The third kappa shape index (κ3) is 5.99. The van der Waals surface area contributed by atoms with Crippen molar-refractivity contribution in [3.05, 3.63) is 71.8 Å². The van der Waals surface area contributed by atoms with Crippen LogP contribution in [0, 0.1) is 0 Å². The lowest BCUT2D eigenvalue weighted by atomic mass is 10.1. The summed E-state index contributed by atoms with van der Waals surface area (Å²) >= 11 is 0. The molecule has 1 heterocycles. The largest absolute Gasteiger partial charge is 0.480 e. The zero-order valence-electron chi connectivity index (χ0n) is 17.3. The Morgan fingerprint density at radius 3 is 2.29 bits per heavy atom. The van der Waals surface area contributed by atoms with Crippen LogP contribution in [0.2, 0.25) is 0 Å². The first kappa shape index (κ1) is 22.7. The summed E-state index contributed by atoms with van der Waals surface area (Å²) in [4.78, 5) is 37.9. The third-order valence-electron chi connectivity index (χ3n) is 5.56. The first-order valence-electron chi connectivity index (χ1n) is 10.6. The summed E-state index contributed by atoms with van der Waals surface area (Å²) < 4.78 is 0. The molecule has 1 aliphatic rings. The van der Waals surface area contributed by atoms with Crippen LogP contribution in [0.25, 0.3) is 0 Å². The van der Waals surface area contributed by atoms with Crippen LogP contribution in [0.3, 0.4) is 0 Å². The van der Waals surface area contributed by atoms with Gasteiger partial charge in [-0.15, -0.1) is 0 Å². The maximum absolute atomic E-state index is 12.5. The van der Waals surface area contributed by atoms with Crippen LogP contribution in [-0.2, 0) is 16.0 Å². The van der Waals surface area contributed by atoms with E-state index in [1.165, 1.54) is 10.5 Å². The maximum Gasteiger partial charge on any atom is 0.321 e. The Labute approximate surface area is 181 Å². The number of ketones is 1. The first-order chi connectivity index (χ1) is 15.0. The van der Waals surface area contributed by atoms with Crippen LogP contribution < -0.4 is 5.32 Å². The molecule has 3 rings (SSSR count). The van der Waals surface area contributed by atoms with Gasteiger partial charge < -0.3 is 15.5 Å². The zero-order valence-corrected chi connectivity index (χ0v) is 17.3. The molecule has 31 heavy (non-hydrogen) atoms. The highest BCUT2D eigenvalue weighted by Crippen LogP contribution is 2.25. The molecule has 164 valence electrons. The average molecular weight is 424 g/mol. The lowest BCUT2D eigenvalue weighted by molar-refractivity contribution is -0.148. The smallest absolute Gasteiger partial charge is 0.321 e. The van der Waals surface area contributed by atoms with Crippen molar-refractivity contribution in [2.75, 3.05) is 0 Å². The number of unbranched alkanes of at least 4 members (excludes halogenated alkanes) is 2. The van der Waals surface area contributed by atoms with E-state index in [0.717, 1.165) is 19.3 Å². The standard InChI is InChI=1S/C24H28N2O5/c27-20-16-19(24(30)31)26(22(20)25-23(29)18-13-7-3-8-14-18)21(28)15-9-2-6-12-17-10-4-1-5-11-17/h1,3-5,7-8,10-11,13-14,19,21-22,28H,2,6,9,12,15-16H2,(H,25,29)(H,30,31)/t19-,21?,22?/m0/s1. The van der Waals surface area contributed by atoms with Gasteiger partial charge in [-0.25, -0.2) is 4.90 Å². The fourth-order valence-corrected chi connectivity index (χ4v) is 3.93. The Hall–Kier alpha value is -3.03. The van der Waals surface area contributed by atoms with E-state index in [1.54, 1.807) is 30.3 Å². The van der Waals surface area contributed by atoms with Gasteiger partial charge in [0.25, 0.3) is 5.91 Å². The number of aryl methyl sites for hydroxylation is 1. The van der Waals surface area contributed by atoms with Crippen molar-refractivity contribution >= 4 is 17.7 Å². The number of likely N-dealkylation sites (tertiary alicyclic amines) is 1. The van der Waals surface area contributed by atoms with Crippen LogP contribution >= 0.6 is 0 Å². The molecule has 0 aromatic heterocycles. The number of nitrogens with zero attached hydrogens (tertiary/aromatic N) is 1. The van der Waals surface area contributed by atoms with Gasteiger partial charge in [0, 0.05) is 12.0 Å². The number of aliphatic carboxylic acids is 1. The summed E-state index contributed by atoms with van der Waals surface area (Å²) in [5.74, 6) is -2.09. The molecule has 2 aromatic carbocycles. The van der Waals surface area contributed by atoms with E-state index in [-0.39, 0.29) is 6.42 Å². The second-order valence-corrected chi connectivity index (χ2v) is 7.78. The summed E-state index contributed by atoms with van der Waals surface area (Å²) in [6.07, 6.45) is 1.22. The fourth-order valence-electron chi connectivity index (χ4n) is 3.93. The van der Waals surface area contributed by atoms with E-state index < -0.39 is 36.1 Å². The van der Waals surface area contributed by atoms with Gasteiger partial charge in [0.05, 0.1) is 0 Å². The molecule has 7 nitrogen and oxygen atoms in total. The van der Waals surface area contributed by atoms with E-state index >= 15 is 0 Å². The van der Waals surface area contributed by atoms with Gasteiger partial charge >= 0.3 is 5.97 Å². The van der Waals surface area contributed by atoms with Crippen molar-refractivity contribution < 1.29 is 24.6 Å². The number of rotatable bonds is 10. The lowest BCUT2D eigenvalue weighted by Crippen LogP contribution is -2.55. The number of nitrogens with one attached hydrogen (secondary N) is 1. The number of carbonyl (C=O) groups is 3. The minimum atomic E-state index is -1.19. The van der Waals surface area contributed by atoms with Crippen molar-refractivity contribution in [1.29, 1.82) is 0 Å². The van der Waals surface area contributed by atoms with E-state index in [2.05, 4.69) is 17.4 Å². The van der Waals surface area contributed by atoms with Gasteiger partial charge in [-0.1, -0.05) is 55.0 Å². The molecule has 3 N–H and O–H groups in total. The summed E-state index contributed by atoms with van der Waals surface area (Å²) in [5, 5.41) is 22.9. The number of carboxylic acid groups (broad SMARTS) is 1. The van der Waals surface area contributed by atoms with Gasteiger partial charge in [-0.2, -0.15) is 0 Å². The van der Waals surface area contributed by atoms with E-state index in [4.69, 9.17) is 0 Å². The second kappa shape index (κ2) is 10.8. The van der Waals surface area contributed by atoms with Gasteiger partial charge in [0.15, 0.2) is 5.78 Å². The number of aliphatic hydroxyl groups is 1. The molecule has 2 unspecified atom stereocenters. The summed E-state index contributed by atoms with van der Waals surface area (Å²) in [5.41, 5.74) is 1.62. The number of carbonyl (C=O) groups excluding carboxylic acids is 2. The topological polar surface area (TPSA) is 107 Å². The molecule has 0 bridgehead atoms. The Balaban J connectivity index is 1.58. The normalized spacial score (nSPS) is 19.8. The van der Waals surface area contributed by atoms with Crippen molar-refractivity contribution in [3.8, 4) is 0 Å². The summed E-state index contributed by atoms with van der Waals surface area (Å²) in [6, 6.07) is 17.3. The molecular weight excluding hydrogens is 396 g/mol. The van der Waals surface area contributed by atoms with E-state index in [0.29, 0.717) is 18.4 Å². The number of hydrogen-bond acceptors (Lipinski definition) is 5. The van der Waals surface area contributed by atoms with Gasteiger partial charge in [0.1, 0.15) is 18.4 Å². The second-order valence-electron chi connectivity index (χ2n) is 7.78. The molecule has 0 aliphatic carbocycles. The Morgan fingerprint density at radius 1 is 1.00 bits per heavy atom. The van der Waals surface area contributed by atoms with Gasteiger partial charge in [-0.05, 0) is 43.4 Å². The Kier molecular flexibility index (Phi) is 7.92. The minimum Gasteiger partial charge on any atom is -0.480 e. The number of Topliss-reactive ketones (excluding diaryl/α,β-unsaturated/α-hetero) is 1. The first-order valence-corrected chi connectivity index (χ1v) is 10.6. The zero-order chi connectivity index (χ0) is 22.2. The molecule has 0 spiro atoms. The van der Waals surface area contributed by atoms with Crippen molar-refractivity contribution in [3.63, 3.8) is 0 Å². The van der Waals surface area contributed by atoms with Gasteiger partial charge in [0.2, 0.25) is 0 Å². The number of carboxylic acids is 1. The Morgan fingerprint density at radius 2 is 1.65 bits per heavy atom. The lowest BCUT2D eigenvalue weighted by Gasteiger charge is -2.32. The molecule has 1 amide bonds. The highest BCUT2D eigenvalue weighted by molar-refractivity contribution is 6.00. The SMILES string of the molecule is O=C(NC1C(=O)C[C@@H](C(=O)O)N1C(O)CCCCCc1ccccc1)c1ccccc1. The fraction of sp³-hybridized carbons (Fsp3) is 0.375. The molecule has 7 heteroatoms. The quantitative estimate of drug-likeness (QED) is 0.506. The minimum absolute atomic E-state index is 0.250. The highest BCUT2D eigenvalue weighted by Gasteiger charge is 2.47. The third-order valence-corrected chi connectivity index (χ3v) is 5.56. The van der Waals surface area contributed by atoms with Crippen LogP contribution in [-0.4, -0.2) is 51.2 Å². The number of amides is 1. The van der Waals surface area contributed by atoms with Crippen LogP contribution in [0.4, 0.5) is 0 Å². The predicted octanol–water partition coefficient (Wildman–Crippen LogP) is 2.59. The molecular formula is C24H28N2O5. The van der Waals surface area contributed by atoms with Gasteiger partial charge in [-0.3, -0.25) is 14.4 Å². The maximum atomic E-state index is 12.5. The van der Waals surface area contributed by atoms with E-state index in [1.807, 2.05) is 18.2 Å². The molecule has 1 fully saturated rings. The van der Waals surface area contributed by atoms with Crippen molar-refractivity contribution in [2.45, 2.75) is 57.0 Å². The summed E-state index contributed by atoms with van der Waals surface area (Å²) in [7, 11) is 0. The molecule has 3 atom stereocenters. The van der Waals surface area contributed by atoms with E-state index in [9.17, 15) is 24.6 Å². The number of aliphatic hydroxyl groups excluding tert-OH is 1. The predicted molar refractivity (Wildman–Crippen MR) is 115 cm³/mol. The molecule has 1 saturated heterocycles. The number of hydrogen-bond donors (Lipinski definition) is 3. The molecule has 0 saturated carbocycles. The van der Waals surface area contributed by atoms with Crippen molar-refractivity contribution in [1.82, 2.24) is 10.2 Å². The molecule has 1 aliphatic heterocycles. The average Bonchev–Trinajstić information content (AvgIpc) is 3.11. The van der Waals surface area contributed by atoms with Crippen molar-refractivity contribution in [2.24, 2.45) is 0 Å². The monoisotopic (exact) mass is 424 g/mol. The molecule has 0 radical (unpaired) electrons.